The Morgan fingerprint density at radius 3 is 0.870 bits per heavy atom. The lowest BCUT2D eigenvalue weighted by Crippen LogP contribution is -2.43. The molecular formula is C82H112N14O2Si2. The third-order valence-electron chi connectivity index (χ3n) is 20.5. The van der Waals surface area contributed by atoms with Crippen molar-refractivity contribution in [2.24, 2.45) is 0 Å². The zero-order valence-electron chi connectivity index (χ0n) is 62.6. The van der Waals surface area contributed by atoms with Crippen molar-refractivity contribution in [2.75, 3.05) is 13.2 Å². The molecule has 0 spiro atoms. The van der Waals surface area contributed by atoms with Crippen LogP contribution in [0.1, 0.15) is 236 Å². The largest absolute Gasteiger partial charge is 0.493 e. The molecule has 0 amide bonds. The molecule has 0 bridgehead atoms. The van der Waals surface area contributed by atoms with Crippen LogP contribution in [0, 0.1) is 22.9 Å². The molecule has 9 aromatic rings. The highest BCUT2D eigenvalue weighted by atomic mass is 28.3. The second-order valence-corrected chi connectivity index (χ2v) is 40.5. The van der Waals surface area contributed by atoms with Gasteiger partial charge in [-0.1, -0.05) is 245 Å². The smallest absolute Gasteiger partial charge is 0.146 e. The first kappa shape index (κ1) is 75.9. The van der Waals surface area contributed by atoms with Gasteiger partial charge in [0.2, 0.25) is 0 Å². The molecule has 6 aromatic heterocycles. The van der Waals surface area contributed by atoms with Crippen molar-refractivity contribution in [2.45, 2.75) is 259 Å². The van der Waals surface area contributed by atoms with Crippen molar-refractivity contribution in [1.82, 2.24) is 69.9 Å². The van der Waals surface area contributed by atoms with Crippen molar-refractivity contribution in [3.8, 4) is 102 Å². The molecule has 0 unspecified atom stereocenters. The van der Waals surface area contributed by atoms with E-state index in [-0.39, 0.29) is 0 Å². The van der Waals surface area contributed by atoms with Gasteiger partial charge in [0, 0.05) is 34.6 Å². The fourth-order valence-corrected chi connectivity index (χ4v) is 25.2. The topological polar surface area (TPSA) is 167 Å². The van der Waals surface area contributed by atoms with E-state index in [9.17, 15) is 0 Å². The lowest BCUT2D eigenvalue weighted by atomic mass is 10.0. The van der Waals surface area contributed by atoms with Crippen LogP contribution in [0.4, 0.5) is 0 Å². The minimum Gasteiger partial charge on any atom is -0.493 e. The van der Waals surface area contributed by atoms with E-state index in [2.05, 4.69) is 153 Å². The van der Waals surface area contributed by atoms with Gasteiger partial charge in [0.15, 0.2) is 0 Å². The molecule has 9 rings (SSSR count). The average molecular weight is 1380 g/mol. The van der Waals surface area contributed by atoms with Gasteiger partial charge in [-0.2, -0.15) is 0 Å². The Labute approximate surface area is 599 Å². The van der Waals surface area contributed by atoms with Gasteiger partial charge in [0.05, 0.1) is 72.1 Å². The van der Waals surface area contributed by atoms with Crippen LogP contribution in [-0.2, 0) is 0 Å². The maximum Gasteiger partial charge on any atom is 0.146 e. The normalized spacial score (nSPS) is 12.0. The average Bonchev–Trinajstić information content (AvgIpc) is 1.28. The minimum absolute atomic E-state index is 0.552. The summed E-state index contributed by atoms with van der Waals surface area (Å²) in [6.45, 7) is 33.7. The Kier molecular flexibility index (Phi) is 28.4. The number of nitrogens with zero attached hydrogens (tertiary/aromatic N) is 14. The zero-order chi connectivity index (χ0) is 71.0. The molecule has 6 heterocycles. The van der Waals surface area contributed by atoms with Gasteiger partial charge in [-0.15, -0.1) is 31.5 Å². The van der Waals surface area contributed by atoms with Crippen LogP contribution in [0.25, 0.3) is 68.0 Å². The highest BCUT2D eigenvalue weighted by molar-refractivity contribution is 6.91. The maximum absolute atomic E-state index is 6.85. The van der Waals surface area contributed by atoms with Gasteiger partial charge in [0.25, 0.3) is 0 Å². The number of unbranched alkanes of at least 4 members (excludes halogenated alkanes) is 18. The second-order valence-electron chi connectivity index (χ2n) is 29.3. The number of hydrogen-bond acceptors (Lipinski definition) is 12. The molecule has 0 atom stereocenters. The monoisotopic (exact) mass is 1380 g/mol. The summed E-state index contributed by atoms with van der Waals surface area (Å²) in [5.74, 6) is 8.40. The number of pyridine rings is 2. The first-order chi connectivity index (χ1) is 48.4. The summed E-state index contributed by atoms with van der Waals surface area (Å²) in [5.41, 5.74) is 21.9. The molecule has 0 radical (unpaired) electrons. The third-order valence-corrected chi connectivity index (χ3v) is 33.1. The molecule has 0 saturated carbocycles. The van der Waals surface area contributed by atoms with E-state index in [4.69, 9.17) is 40.1 Å². The Hall–Kier alpha value is -8.33. The summed E-state index contributed by atoms with van der Waals surface area (Å²) in [5, 5.41) is 37.0. The minimum atomic E-state index is -1.88. The number of rotatable bonds is 38. The lowest BCUT2D eigenvalue weighted by Gasteiger charge is -2.38. The molecule has 100 heavy (non-hydrogen) atoms. The third kappa shape index (κ3) is 19.6. The second kappa shape index (κ2) is 37.4. The Bertz CT molecular complexity index is 3760. The zero-order valence-corrected chi connectivity index (χ0v) is 64.6. The first-order valence-corrected chi connectivity index (χ1v) is 42.3. The fourth-order valence-electron chi connectivity index (χ4n) is 14.8. The molecule has 0 N–H and O–H groups in total. The van der Waals surface area contributed by atoms with Gasteiger partial charge >= 0.3 is 0 Å². The van der Waals surface area contributed by atoms with E-state index in [1.807, 2.05) is 110 Å². The van der Waals surface area contributed by atoms with Crippen molar-refractivity contribution in [1.29, 1.82) is 0 Å². The van der Waals surface area contributed by atoms with Crippen LogP contribution < -0.4 is 9.47 Å². The summed E-state index contributed by atoms with van der Waals surface area (Å²) in [6, 6.07) is 28.2. The predicted octanol–water partition coefficient (Wildman–Crippen LogP) is 21.2. The van der Waals surface area contributed by atoms with Crippen LogP contribution in [0.5, 0.6) is 11.5 Å². The van der Waals surface area contributed by atoms with Gasteiger partial charge in [-0.05, 0) is 131 Å². The number of aromatic nitrogens is 14. The van der Waals surface area contributed by atoms with Gasteiger partial charge in [0.1, 0.15) is 50.4 Å². The first-order valence-electron chi connectivity index (χ1n) is 37.8. The summed E-state index contributed by atoms with van der Waals surface area (Å²) in [4.78, 5) is 9.56. The van der Waals surface area contributed by atoms with Gasteiger partial charge in [-0.3, -0.25) is 9.97 Å². The summed E-state index contributed by atoms with van der Waals surface area (Å²) < 4.78 is 20.8. The molecule has 3 aromatic carbocycles. The van der Waals surface area contributed by atoms with E-state index >= 15 is 0 Å². The fraction of sp³-hybridized carbons (Fsp3) is 0.512. The molecule has 0 aliphatic heterocycles. The van der Waals surface area contributed by atoms with Gasteiger partial charge < -0.3 is 9.47 Å². The highest BCUT2D eigenvalue weighted by Gasteiger charge is 2.43. The highest BCUT2D eigenvalue weighted by Crippen LogP contribution is 2.44. The SMILES string of the molecule is CCCCCCCCCCCCOc1cc(-c2cn(-c3ccc(-n4cc(-c5ccc(C#C[Si](C(C)C)(C(C)C)C(C)C)cn5)nn4)cc3)nn2)c(OCCCCCCCCCCCC)cc1-c1cn(-c2ccc(-n3cc(-c4ccc(C#C[Si](C(C)C)(C(C)C)C(C)C)cn4)nn3)cc2)nn1. The van der Waals surface area contributed by atoms with Crippen molar-refractivity contribution >= 4 is 16.1 Å². The van der Waals surface area contributed by atoms with E-state index in [1.54, 1.807) is 18.7 Å². The van der Waals surface area contributed by atoms with Crippen LogP contribution >= 0.6 is 0 Å². The molecular weight excluding hydrogens is 1270 g/mol. The number of ether oxygens (including phenoxy) is 2. The number of hydrogen-bond donors (Lipinski definition) is 0. The van der Waals surface area contributed by atoms with E-state index in [1.165, 1.54) is 103 Å². The molecule has 0 aliphatic rings. The van der Waals surface area contributed by atoms with E-state index in [0.717, 1.165) is 82.1 Å². The predicted molar refractivity (Wildman–Crippen MR) is 414 cm³/mol. The lowest BCUT2D eigenvalue weighted by molar-refractivity contribution is 0.298. The van der Waals surface area contributed by atoms with Crippen LogP contribution in [0.3, 0.4) is 0 Å². The summed E-state index contributed by atoms with van der Waals surface area (Å²) >= 11 is 0. The Balaban J connectivity index is 0.946. The van der Waals surface area contributed by atoms with Gasteiger partial charge in [-0.25, -0.2) is 18.7 Å². The Morgan fingerprint density at radius 1 is 0.330 bits per heavy atom. The molecule has 16 nitrogen and oxygen atoms in total. The number of benzene rings is 3. The Morgan fingerprint density at radius 2 is 0.600 bits per heavy atom. The summed E-state index contributed by atoms with van der Waals surface area (Å²) in [7, 11) is -3.75. The quantitative estimate of drug-likeness (QED) is 0.0204. The maximum atomic E-state index is 6.85. The van der Waals surface area contributed by atoms with E-state index < -0.39 is 16.1 Å². The molecule has 18 heteroatoms. The van der Waals surface area contributed by atoms with Crippen LogP contribution in [0.15, 0.2) is 122 Å². The van der Waals surface area contributed by atoms with Crippen molar-refractivity contribution in [3.05, 3.63) is 133 Å². The standard InChI is InChI=1S/C82H112N14O2Si2/c1-15-17-19-21-23-25-27-29-31-33-49-97-81-53-74(78-58-94(90-86-78)70-39-43-72(44-40-70)96-60-80(88-92-96)76-46-36-68(56-84-76)48-52-100(64(9)10,65(11)12)66(13)14)82(98-50-34-32-30-28-26-24-22-20-18-16-2)54-73(81)77-57-93(89-85-77)69-37-41-71(42-38-69)95-59-79(87-91-95)75-45-35-67(55-83-75)47-51-99(61(3)4,62(5)6)63(7)8/h35-46,53-66H,15-34,49-50H2,1-14H3. The van der Waals surface area contributed by atoms with Crippen LogP contribution in [0.2, 0.25) is 33.2 Å². The van der Waals surface area contributed by atoms with Crippen LogP contribution in [-0.4, -0.2) is 99.3 Å². The molecule has 0 saturated heterocycles. The van der Waals surface area contributed by atoms with Crippen molar-refractivity contribution in [3.63, 3.8) is 0 Å². The molecule has 0 aliphatic carbocycles. The summed E-state index contributed by atoms with van der Waals surface area (Å²) in [6.07, 6.45) is 36.1. The molecule has 530 valence electrons. The van der Waals surface area contributed by atoms with Crippen molar-refractivity contribution < 1.29 is 9.47 Å². The van der Waals surface area contributed by atoms with E-state index in [0.29, 0.717) is 80.7 Å². The molecule has 0 fully saturated rings.